The molecule has 1 heterocycles. The molecule has 1 aliphatic carbocycles. The SMILES string of the molecule is CC(Oc1ccc(Cl)c(Cl)c1)C(=O)N1CCC(NC(=O)C2CCCCC2)CC1. The van der Waals surface area contributed by atoms with Crippen LogP contribution in [-0.2, 0) is 9.59 Å². The van der Waals surface area contributed by atoms with E-state index in [4.69, 9.17) is 27.9 Å². The number of nitrogens with one attached hydrogen (secondary N) is 1. The average Bonchev–Trinajstić information content (AvgIpc) is 2.71. The lowest BCUT2D eigenvalue weighted by Crippen LogP contribution is -2.50. The molecule has 2 aliphatic rings. The zero-order chi connectivity index (χ0) is 20.1. The van der Waals surface area contributed by atoms with Gasteiger partial charge in [-0.3, -0.25) is 9.59 Å². The summed E-state index contributed by atoms with van der Waals surface area (Å²) in [6, 6.07) is 5.12. The number of benzene rings is 1. The van der Waals surface area contributed by atoms with Gasteiger partial charge in [0.2, 0.25) is 5.91 Å². The summed E-state index contributed by atoms with van der Waals surface area (Å²) >= 11 is 11.9. The number of carbonyl (C=O) groups is 2. The molecule has 3 rings (SSSR count). The Balaban J connectivity index is 1.45. The van der Waals surface area contributed by atoms with E-state index in [-0.39, 0.29) is 23.8 Å². The summed E-state index contributed by atoms with van der Waals surface area (Å²) in [5, 5.41) is 4.04. The number of carbonyl (C=O) groups excluding carboxylic acids is 2. The van der Waals surface area contributed by atoms with Crippen molar-refractivity contribution in [2.24, 2.45) is 5.92 Å². The monoisotopic (exact) mass is 426 g/mol. The van der Waals surface area contributed by atoms with E-state index >= 15 is 0 Å². The number of piperidine rings is 1. The first kappa shape index (κ1) is 21.3. The van der Waals surface area contributed by atoms with Gasteiger partial charge in [-0.1, -0.05) is 42.5 Å². The van der Waals surface area contributed by atoms with Crippen LogP contribution in [0.1, 0.15) is 51.9 Å². The molecule has 1 aliphatic heterocycles. The van der Waals surface area contributed by atoms with Crippen LogP contribution in [0.15, 0.2) is 18.2 Å². The molecule has 28 heavy (non-hydrogen) atoms. The Bertz CT molecular complexity index is 699. The minimum atomic E-state index is -0.606. The zero-order valence-corrected chi connectivity index (χ0v) is 17.8. The molecule has 154 valence electrons. The Morgan fingerprint density at radius 2 is 1.75 bits per heavy atom. The van der Waals surface area contributed by atoms with Crippen molar-refractivity contribution in [3.05, 3.63) is 28.2 Å². The van der Waals surface area contributed by atoms with Crippen LogP contribution in [0, 0.1) is 5.92 Å². The number of halogens is 2. The van der Waals surface area contributed by atoms with Crippen molar-refractivity contribution in [3.8, 4) is 5.75 Å². The van der Waals surface area contributed by atoms with E-state index in [0.29, 0.717) is 28.9 Å². The normalized spacial score (nSPS) is 19.9. The van der Waals surface area contributed by atoms with Gasteiger partial charge >= 0.3 is 0 Å². The molecule has 1 unspecified atom stereocenters. The summed E-state index contributed by atoms with van der Waals surface area (Å²) in [4.78, 5) is 26.9. The minimum Gasteiger partial charge on any atom is -0.481 e. The van der Waals surface area contributed by atoms with Crippen molar-refractivity contribution in [1.29, 1.82) is 0 Å². The smallest absolute Gasteiger partial charge is 0.263 e. The van der Waals surface area contributed by atoms with Gasteiger partial charge in [0.25, 0.3) is 5.91 Å². The quantitative estimate of drug-likeness (QED) is 0.756. The lowest BCUT2D eigenvalue weighted by atomic mass is 9.88. The molecule has 1 saturated carbocycles. The molecule has 1 atom stereocenters. The van der Waals surface area contributed by atoms with Gasteiger partial charge in [-0.05, 0) is 44.7 Å². The van der Waals surface area contributed by atoms with Crippen molar-refractivity contribution in [3.63, 3.8) is 0 Å². The Kier molecular flexibility index (Phi) is 7.47. The first-order valence-electron chi connectivity index (χ1n) is 10.1. The number of ether oxygens (including phenoxy) is 1. The maximum Gasteiger partial charge on any atom is 0.263 e. The zero-order valence-electron chi connectivity index (χ0n) is 16.3. The number of hydrogen-bond acceptors (Lipinski definition) is 3. The van der Waals surface area contributed by atoms with Gasteiger partial charge in [-0.15, -0.1) is 0 Å². The minimum absolute atomic E-state index is 0.0527. The lowest BCUT2D eigenvalue weighted by Gasteiger charge is -2.34. The van der Waals surface area contributed by atoms with Gasteiger partial charge in [0.1, 0.15) is 5.75 Å². The summed E-state index contributed by atoms with van der Waals surface area (Å²) in [5.41, 5.74) is 0. The lowest BCUT2D eigenvalue weighted by molar-refractivity contribution is -0.139. The molecule has 1 aromatic rings. The van der Waals surface area contributed by atoms with Crippen LogP contribution in [0.5, 0.6) is 5.75 Å². The molecular formula is C21H28Cl2N2O3. The molecule has 0 bridgehead atoms. The van der Waals surface area contributed by atoms with Crippen molar-refractivity contribution in [2.45, 2.75) is 64.0 Å². The largest absolute Gasteiger partial charge is 0.481 e. The number of amides is 2. The highest BCUT2D eigenvalue weighted by Crippen LogP contribution is 2.27. The van der Waals surface area contributed by atoms with E-state index in [2.05, 4.69) is 5.32 Å². The Labute approximate surface area is 176 Å². The van der Waals surface area contributed by atoms with E-state index in [9.17, 15) is 9.59 Å². The van der Waals surface area contributed by atoms with Crippen LogP contribution in [0.2, 0.25) is 10.0 Å². The predicted molar refractivity (Wildman–Crippen MR) is 111 cm³/mol. The van der Waals surface area contributed by atoms with Crippen molar-refractivity contribution in [2.75, 3.05) is 13.1 Å². The van der Waals surface area contributed by atoms with E-state index in [1.54, 1.807) is 25.1 Å². The molecule has 1 saturated heterocycles. The first-order chi connectivity index (χ1) is 13.4. The molecule has 2 amide bonds. The number of nitrogens with zero attached hydrogens (tertiary/aromatic N) is 1. The van der Waals surface area contributed by atoms with Crippen molar-refractivity contribution >= 4 is 35.0 Å². The molecule has 0 aromatic heterocycles. The Morgan fingerprint density at radius 1 is 1.07 bits per heavy atom. The second-order valence-corrected chi connectivity index (χ2v) is 8.59. The van der Waals surface area contributed by atoms with Gasteiger partial charge in [0.15, 0.2) is 6.10 Å². The molecule has 7 heteroatoms. The third-order valence-electron chi connectivity index (χ3n) is 5.68. The molecule has 0 radical (unpaired) electrons. The maximum atomic E-state index is 12.7. The van der Waals surface area contributed by atoms with Gasteiger partial charge in [0.05, 0.1) is 10.0 Å². The third kappa shape index (κ3) is 5.54. The van der Waals surface area contributed by atoms with Crippen LogP contribution in [0.3, 0.4) is 0 Å². The number of hydrogen-bond donors (Lipinski definition) is 1. The van der Waals surface area contributed by atoms with Gasteiger partial charge in [-0.25, -0.2) is 0 Å². The fourth-order valence-corrected chi connectivity index (χ4v) is 4.28. The van der Waals surface area contributed by atoms with Gasteiger partial charge < -0.3 is 15.0 Å². The van der Waals surface area contributed by atoms with Crippen LogP contribution < -0.4 is 10.1 Å². The standard InChI is InChI=1S/C21H28Cl2N2O3/c1-14(28-17-7-8-18(22)19(23)13-17)21(27)25-11-9-16(10-12-25)24-20(26)15-5-3-2-4-6-15/h7-8,13-16H,2-6,9-12H2,1H3,(H,24,26). The second-order valence-electron chi connectivity index (χ2n) is 7.78. The van der Waals surface area contributed by atoms with Gasteiger partial charge in [-0.2, -0.15) is 0 Å². The Hall–Kier alpha value is -1.46. The van der Waals surface area contributed by atoms with E-state index in [1.807, 2.05) is 4.90 Å². The number of likely N-dealkylation sites (tertiary alicyclic amines) is 1. The molecule has 5 nitrogen and oxygen atoms in total. The van der Waals surface area contributed by atoms with Gasteiger partial charge in [0, 0.05) is 31.1 Å². The fourth-order valence-electron chi connectivity index (χ4n) is 3.99. The first-order valence-corrected chi connectivity index (χ1v) is 10.9. The highest BCUT2D eigenvalue weighted by molar-refractivity contribution is 6.42. The van der Waals surface area contributed by atoms with Crippen LogP contribution in [0.25, 0.3) is 0 Å². The number of rotatable bonds is 5. The van der Waals surface area contributed by atoms with E-state index in [1.165, 1.54) is 6.42 Å². The average molecular weight is 427 g/mol. The summed E-state index contributed by atoms with van der Waals surface area (Å²) in [6.45, 7) is 2.99. The second kappa shape index (κ2) is 9.84. The molecule has 2 fully saturated rings. The van der Waals surface area contributed by atoms with E-state index < -0.39 is 6.10 Å². The molecule has 0 spiro atoms. The molecular weight excluding hydrogens is 399 g/mol. The summed E-state index contributed by atoms with van der Waals surface area (Å²) in [6.07, 6.45) is 6.52. The van der Waals surface area contributed by atoms with Crippen LogP contribution in [0.4, 0.5) is 0 Å². The fraction of sp³-hybridized carbons (Fsp3) is 0.619. The van der Waals surface area contributed by atoms with Crippen LogP contribution in [-0.4, -0.2) is 41.9 Å². The summed E-state index contributed by atoms with van der Waals surface area (Å²) < 4.78 is 5.73. The predicted octanol–water partition coefficient (Wildman–Crippen LogP) is 4.45. The Morgan fingerprint density at radius 3 is 2.39 bits per heavy atom. The summed E-state index contributed by atoms with van der Waals surface area (Å²) in [5.74, 6) is 0.835. The molecule has 1 N–H and O–H groups in total. The van der Waals surface area contributed by atoms with Crippen LogP contribution >= 0.6 is 23.2 Å². The topological polar surface area (TPSA) is 58.6 Å². The van der Waals surface area contributed by atoms with Crippen molar-refractivity contribution < 1.29 is 14.3 Å². The highest BCUT2D eigenvalue weighted by Gasteiger charge is 2.29. The third-order valence-corrected chi connectivity index (χ3v) is 6.42. The summed E-state index contributed by atoms with van der Waals surface area (Å²) in [7, 11) is 0. The molecule has 1 aromatic carbocycles. The highest BCUT2D eigenvalue weighted by atomic mass is 35.5. The maximum absolute atomic E-state index is 12.7. The van der Waals surface area contributed by atoms with E-state index in [0.717, 1.165) is 38.5 Å². The van der Waals surface area contributed by atoms with Crippen molar-refractivity contribution in [1.82, 2.24) is 10.2 Å².